The molecule has 0 bridgehead atoms. The molecule has 17 heavy (non-hydrogen) atoms. The van der Waals surface area contributed by atoms with E-state index in [9.17, 15) is 4.79 Å². The van der Waals surface area contributed by atoms with E-state index in [4.69, 9.17) is 11.6 Å². The number of nitrogens with zero attached hydrogens (tertiary/aromatic N) is 4. The van der Waals surface area contributed by atoms with Crippen LogP contribution in [0, 0.1) is 6.92 Å². The largest absolute Gasteiger partial charge is 0.304 e. The van der Waals surface area contributed by atoms with E-state index in [2.05, 4.69) is 20.4 Å². The number of rotatable bonds is 2. The summed E-state index contributed by atoms with van der Waals surface area (Å²) in [5.74, 6) is -0.0691. The first kappa shape index (κ1) is 11.5. The van der Waals surface area contributed by atoms with Crippen molar-refractivity contribution in [1.82, 2.24) is 19.7 Å². The fraction of sp³-hybridized carbons (Fsp3) is 0.200. The fourth-order valence-electron chi connectivity index (χ4n) is 1.40. The molecule has 1 N–H and O–H groups in total. The van der Waals surface area contributed by atoms with Crippen LogP contribution >= 0.6 is 11.6 Å². The molecule has 0 atom stereocenters. The molecule has 0 saturated heterocycles. The molecule has 0 aliphatic rings. The quantitative estimate of drug-likeness (QED) is 0.876. The second-order valence-electron chi connectivity index (χ2n) is 3.45. The van der Waals surface area contributed by atoms with E-state index in [-0.39, 0.29) is 16.9 Å². The topological polar surface area (TPSA) is 72.7 Å². The van der Waals surface area contributed by atoms with Gasteiger partial charge in [-0.3, -0.25) is 9.48 Å². The molecule has 0 spiro atoms. The van der Waals surface area contributed by atoms with E-state index in [0.29, 0.717) is 11.3 Å². The van der Waals surface area contributed by atoms with Crippen molar-refractivity contribution in [1.29, 1.82) is 0 Å². The number of hydrogen-bond acceptors (Lipinski definition) is 4. The Hall–Kier alpha value is -1.95. The molecule has 0 saturated carbocycles. The minimum atomic E-state index is -0.307. The summed E-state index contributed by atoms with van der Waals surface area (Å²) < 4.78 is 1.57. The van der Waals surface area contributed by atoms with Crippen LogP contribution in [0.15, 0.2) is 18.6 Å². The average molecular weight is 252 g/mol. The predicted molar refractivity (Wildman–Crippen MR) is 62.9 cm³/mol. The Kier molecular flexibility index (Phi) is 3.06. The number of amides is 1. The smallest absolute Gasteiger partial charge is 0.260 e. The van der Waals surface area contributed by atoms with Gasteiger partial charge < -0.3 is 5.32 Å². The lowest BCUT2D eigenvalue weighted by atomic mass is 10.2. The van der Waals surface area contributed by atoms with Gasteiger partial charge in [0.15, 0.2) is 11.0 Å². The molecule has 0 fully saturated rings. The molecule has 0 aromatic carbocycles. The van der Waals surface area contributed by atoms with E-state index < -0.39 is 0 Å². The van der Waals surface area contributed by atoms with Crippen molar-refractivity contribution in [3.63, 3.8) is 0 Å². The SMILES string of the molecule is Cc1nn(C)cc1C(=O)Nc1nccnc1Cl. The Morgan fingerprint density at radius 1 is 1.41 bits per heavy atom. The Morgan fingerprint density at radius 3 is 2.71 bits per heavy atom. The minimum Gasteiger partial charge on any atom is -0.304 e. The van der Waals surface area contributed by atoms with E-state index in [0.717, 1.165) is 0 Å². The molecule has 88 valence electrons. The number of nitrogens with one attached hydrogen (secondary N) is 1. The number of hydrogen-bond donors (Lipinski definition) is 1. The van der Waals surface area contributed by atoms with Gasteiger partial charge in [-0.15, -0.1) is 0 Å². The van der Waals surface area contributed by atoms with Gasteiger partial charge in [0, 0.05) is 25.6 Å². The standard InChI is InChI=1S/C10H10ClN5O/c1-6-7(5-16(2)15-6)10(17)14-9-8(11)12-3-4-13-9/h3-5H,1-2H3,(H,13,14,17). The zero-order valence-corrected chi connectivity index (χ0v) is 10.1. The van der Waals surface area contributed by atoms with Crippen LogP contribution in [0.3, 0.4) is 0 Å². The number of aromatic nitrogens is 4. The lowest BCUT2D eigenvalue weighted by molar-refractivity contribution is 0.102. The lowest BCUT2D eigenvalue weighted by Crippen LogP contribution is -2.14. The molecule has 0 aliphatic heterocycles. The third-order valence-electron chi connectivity index (χ3n) is 2.14. The highest BCUT2D eigenvalue weighted by Gasteiger charge is 2.14. The Balaban J connectivity index is 2.23. The predicted octanol–water partition coefficient (Wildman–Crippen LogP) is 1.42. The molecule has 0 radical (unpaired) electrons. The molecule has 1 amide bonds. The Morgan fingerprint density at radius 2 is 2.12 bits per heavy atom. The van der Waals surface area contributed by atoms with Crippen LogP contribution in [-0.4, -0.2) is 25.7 Å². The summed E-state index contributed by atoms with van der Waals surface area (Å²) in [5, 5.41) is 6.82. The summed E-state index contributed by atoms with van der Waals surface area (Å²) in [7, 11) is 1.75. The van der Waals surface area contributed by atoms with Gasteiger partial charge >= 0.3 is 0 Å². The van der Waals surface area contributed by atoms with Crippen molar-refractivity contribution >= 4 is 23.3 Å². The van der Waals surface area contributed by atoms with Crippen LogP contribution in [-0.2, 0) is 7.05 Å². The lowest BCUT2D eigenvalue weighted by Gasteiger charge is -2.03. The summed E-state index contributed by atoms with van der Waals surface area (Å²) >= 11 is 5.79. The first-order valence-corrected chi connectivity index (χ1v) is 5.24. The van der Waals surface area contributed by atoms with Crippen molar-refractivity contribution in [2.45, 2.75) is 6.92 Å². The van der Waals surface area contributed by atoms with Gasteiger partial charge in [-0.25, -0.2) is 9.97 Å². The number of halogens is 1. The summed E-state index contributed by atoms with van der Waals surface area (Å²) in [4.78, 5) is 19.7. The van der Waals surface area contributed by atoms with Crippen molar-refractivity contribution in [3.05, 3.63) is 35.0 Å². The van der Waals surface area contributed by atoms with Crippen LogP contribution in [0.5, 0.6) is 0 Å². The van der Waals surface area contributed by atoms with Gasteiger partial charge in [0.2, 0.25) is 0 Å². The van der Waals surface area contributed by atoms with Gasteiger partial charge in [0.05, 0.1) is 11.3 Å². The third-order valence-corrected chi connectivity index (χ3v) is 2.42. The molecular weight excluding hydrogens is 242 g/mol. The van der Waals surface area contributed by atoms with Crippen LogP contribution < -0.4 is 5.32 Å². The molecule has 2 aromatic heterocycles. The Bertz CT molecular complexity index is 566. The van der Waals surface area contributed by atoms with E-state index in [1.54, 1.807) is 24.9 Å². The summed E-state index contributed by atoms with van der Waals surface area (Å²) in [6, 6.07) is 0. The maximum Gasteiger partial charge on any atom is 0.260 e. The van der Waals surface area contributed by atoms with Gasteiger partial charge in [-0.1, -0.05) is 11.6 Å². The highest BCUT2D eigenvalue weighted by Crippen LogP contribution is 2.16. The molecule has 2 heterocycles. The van der Waals surface area contributed by atoms with E-state index in [1.807, 2.05) is 0 Å². The molecule has 2 rings (SSSR count). The van der Waals surface area contributed by atoms with Crippen molar-refractivity contribution in [3.8, 4) is 0 Å². The number of aryl methyl sites for hydroxylation is 2. The molecule has 6 nitrogen and oxygen atoms in total. The van der Waals surface area contributed by atoms with Crippen molar-refractivity contribution in [2.24, 2.45) is 7.05 Å². The summed E-state index contributed by atoms with van der Waals surface area (Å²) in [6.45, 7) is 1.76. The fourth-order valence-corrected chi connectivity index (χ4v) is 1.55. The summed E-state index contributed by atoms with van der Waals surface area (Å²) in [5.41, 5.74) is 1.12. The molecule has 0 aliphatic carbocycles. The Labute approximate surface area is 103 Å². The number of anilines is 1. The van der Waals surface area contributed by atoms with E-state index >= 15 is 0 Å². The second-order valence-corrected chi connectivity index (χ2v) is 3.81. The zero-order chi connectivity index (χ0) is 12.4. The number of carbonyl (C=O) groups is 1. The molecular formula is C10H10ClN5O. The average Bonchev–Trinajstić information content (AvgIpc) is 2.61. The second kappa shape index (κ2) is 4.50. The molecule has 0 unspecified atom stereocenters. The van der Waals surface area contributed by atoms with Crippen LogP contribution in [0.4, 0.5) is 5.82 Å². The monoisotopic (exact) mass is 251 g/mol. The maximum atomic E-state index is 11.9. The van der Waals surface area contributed by atoms with Gasteiger partial charge in [-0.05, 0) is 6.92 Å². The summed E-state index contributed by atoms with van der Waals surface area (Å²) in [6.07, 6.45) is 4.54. The van der Waals surface area contributed by atoms with Crippen molar-refractivity contribution in [2.75, 3.05) is 5.32 Å². The normalized spacial score (nSPS) is 10.3. The third kappa shape index (κ3) is 2.42. The molecule has 2 aromatic rings. The van der Waals surface area contributed by atoms with Gasteiger partial charge in [-0.2, -0.15) is 5.10 Å². The van der Waals surface area contributed by atoms with Crippen molar-refractivity contribution < 1.29 is 4.79 Å². The minimum absolute atomic E-state index is 0.155. The highest BCUT2D eigenvalue weighted by atomic mass is 35.5. The van der Waals surface area contributed by atoms with Crippen LogP contribution in [0.25, 0.3) is 0 Å². The molecule has 7 heteroatoms. The first-order valence-electron chi connectivity index (χ1n) is 4.86. The maximum absolute atomic E-state index is 11.9. The van der Waals surface area contributed by atoms with Crippen LogP contribution in [0.2, 0.25) is 5.15 Å². The highest BCUT2D eigenvalue weighted by molar-refractivity contribution is 6.32. The van der Waals surface area contributed by atoms with Crippen LogP contribution in [0.1, 0.15) is 16.1 Å². The first-order chi connectivity index (χ1) is 8.08. The van der Waals surface area contributed by atoms with E-state index in [1.165, 1.54) is 12.4 Å². The number of carbonyl (C=O) groups excluding carboxylic acids is 1. The van der Waals surface area contributed by atoms with Gasteiger partial charge in [0.25, 0.3) is 5.91 Å². The van der Waals surface area contributed by atoms with Gasteiger partial charge in [0.1, 0.15) is 0 Å². The zero-order valence-electron chi connectivity index (χ0n) is 9.31.